The molecule has 0 fully saturated rings. The fraction of sp³-hybridized carbons (Fsp3) is 0.200. The van der Waals surface area contributed by atoms with Crippen molar-refractivity contribution < 1.29 is 9.59 Å². The van der Waals surface area contributed by atoms with Crippen LogP contribution in [-0.4, -0.2) is 29.1 Å². The molecule has 2 rings (SSSR count). The molecule has 1 heterocycles. The van der Waals surface area contributed by atoms with Crippen molar-refractivity contribution in [2.24, 2.45) is 5.73 Å². The van der Waals surface area contributed by atoms with Crippen LogP contribution in [0.25, 0.3) is 0 Å². The minimum atomic E-state index is -0.137. The van der Waals surface area contributed by atoms with Crippen LogP contribution in [0.5, 0.6) is 0 Å². The first-order valence-corrected chi connectivity index (χ1v) is 7.57. The summed E-state index contributed by atoms with van der Waals surface area (Å²) in [5, 5.41) is 2.71. The van der Waals surface area contributed by atoms with Gasteiger partial charge in [-0.2, -0.15) is 0 Å². The lowest BCUT2D eigenvalue weighted by atomic mass is 10.1. The summed E-state index contributed by atoms with van der Waals surface area (Å²) in [6, 6.07) is 10.8. The quantitative estimate of drug-likeness (QED) is 0.759. The highest BCUT2D eigenvalue weighted by atomic mass is 32.2. The van der Waals surface area contributed by atoms with Crippen LogP contribution < -0.4 is 11.1 Å². The van der Waals surface area contributed by atoms with Crippen molar-refractivity contribution in [1.82, 2.24) is 10.3 Å². The molecule has 2 aromatic rings. The first-order valence-electron chi connectivity index (χ1n) is 6.58. The smallest absolute Gasteiger partial charge is 0.251 e. The van der Waals surface area contributed by atoms with Crippen LogP contribution in [0.4, 0.5) is 0 Å². The molecule has 0 saturated heterocycles. The van der Waals surface area contributed by atoms with Crippen molar-refractivity contribution in [3.8, 4) is 0 Å². The number of nitrogens with one attached hydrogen (secondary N) is 2. The van der Waals surface area contributed by atoms with E-state index in [0.29, 0.717) is 30.1 Å². The Bertz CT molecular complexity index is 594. The van der Waals surface area contributed by atoms with Gasteiger partial charge < -0.3 is 16.0 Å². The number of carbonyl (C=O) groups is 2. The molecule has 0 aliphatic heterocycles. The van der Waals surface area contributed by atoms with E-state index in [2.05, 4.69) is 10.3 Å². The molecule has 0 atom stereocenters. The Morgan fingerprint density at radius 3 is 2.57 bits per heavy atom. The van der Waals surface area contributed by atoms with E-state index in [1.165, 1.54) is 11.8 Å². The van der Waals surface area contributed by atoms with Gasteiger partial charge in [0, 0.05) is 30.6 Å². The highest BCUT2D eigenvalue weighted by Gasteiger charge is 2.08. The normalized spacial score (nSPS) is 10.3. The number of nitrogens with two attached hydrogens (primary N) is 1. The van der Waals surface area contributed by atoms with E-state index in [9.17, 15) is 9.59 Å². The second-order valence-corrected chi connectivity index (χ2v) is 5.35. The molecular weight excluding hydrogens is 286 g/mol. The Kier molecular flexibility index (Phi) is 5.59. The largest absolute Gasteiger partial charge is 0.358 e. The molecule has 0 saturated carbocycles. The molecule has 0 radical (unpaired) electrons. The number of amides is 1. The van der Waals surface area contributed by atoms with Crippen molar-refractivity contribution in [3.05, 3.63) is 59.4 Å². The Balaban J connectivity index is 1.87. The van der Waals surface area contributed by atoms with Gasteiger partial charge >= 0.3 is 0 Å². The summed E-state index contributed by atoms with van der Waals surface area (Å²) in [5.74, 6) is 0.435. The van der Waals surface area contributed by atoms with E-state index in [1.807, 2.05) is 12.1 Å². The number of aromatic amines is 1. The fourth-order valence-electron chi connectivity index (χ4n) is 1.72. The van der Waals surface area contributed by atoms with Gasteiger partial charge in [0.05, 0.1) is 5.69 Å². The Labute approximate surface area is 127 Å². The molecule has 0 bridgehead atoms. The summed E-state index contributed by atoms with van der Waals surface area (Å²) in [7, 11) is 0. The lowest BCUT2D eigenvalue weighted by Crippen LogP contribution is -2.28. The summed E-state index contributed by atoms with van der Waals surface area (Å²) in [5.41, 5.74) is 7.52. The van der Waals surface area contributed by atoms with Crippen molar-refractivity contribution in [2.75, 3.05) is 13.1 Å². The van der Waals surface area contributed by atoms with E-state index in [0.717, 1.165) is 5.56 Å². The molecular formula is C15H17N3O2S. The number of carbonyl (C=O) groups excluding carboxylic acids is 2. The maximum absolute atomic E-state index is 11.8. The topological polar surface area (TPSA) is 88.0 Å². The third kappa shape index (κ3) is 4.47. The number of hydrogen-bond acceptors (Lipinski definition) is 4. The Morgan fingerprint density at radius 2 is 1.95 bits per heavy atom. The van der Waals surface area contributed by atoms with Gasteiger partial charge in [-0.05, 0) is 29.8 Å². The molecule has 4 N–H and O–H groups in total. The van der Waals surface area contributed by atoms with Crippen molar-refractivity contribution in [2.45, 2.75) is 5.75 Å². The lowest BCUT2D eigenvalue weighted by molar-refractivity contribution is 0.0954. The molecule has 0 unspecified atom stereocenters. The van der Waals surface area contributed by atoms with Crippen LogP contribution in [0, 0.1) is 0 Å². The molecule has 1 aromatic carbocycles. The standard InChI is InChI=1S/C15H17N3O2S/c16-7-9-18-14(19)12-5-3-11(4-6-12)10-21-15(20)13-2-1-8-17-13/h1-6,8,17H,7,9-10,16H2,(H,18,19). The predicted molar refractivity (Wildman–Crippen MR) is 84.2 cm³/mol. The van der Waals surface area contributed by atoms with Crippen LogP contribution in [0.1, 0.15) is 26.4 Å². The Hall–Kier alpha value is -2.05. The van der Waals surface area contributed by atoms with Gasteiger partial charge in [0.2, 0.25) is 5.12 Å². The molecule has 110 valence electrons. The SMILES string of the molecule is NCCNC(=O)c1ccc(CSC(=O)c2ccc[nH]2)cc1. The fourth-order valence-corrected chi connectivity index (χ4v) is 2.50. The van der Waals surface area contributed by atoms with E-state index in [-0.39, 0.29) is 11.0 Å². The van der Waals surface area contributed by atoms with Crippen molar-refractivity contribution in [3.63, 3.8) is 0 Å². The second-order valence-electron chi connectivity index (χ2n) is 4.40. The van der Waals surface area contributed by atoms with Crippen LogP contribution in [0.2, 0.25) is 0 Å². The van der Waals surface area contributed by atoms with E-state index >= 15 is 0 Å². The third-order valence-corrected chi connectivity index (χ3v) is 3.79. The van der Waals surface area contributed by atoms with E-state index < -0.39 is 0 Å². The number of rotatable bonds is 6. The van der Waals surface area contributed by atoms with Gasteiger partial charge in [-0.1, -0.05) is 23.9 Å². The molecule has 5 nitrogen and oxygen atoms in total. The van der Waals surface area contributed by atoms with Gasteiger partial charge in [0.25, 0.3) is 5.91 Å². The number of thioether (sulfide) groups is 1. The summed E-state index contributed by atoms with van der Waals surface area (Å²) < 4.78 is 0. The lowest BCUT2D eigenvalue weighted by Gasteiger charge is -2.05. The first kappa shape index (κ1) is 15.3. The van der Waals surface area contributed by atoms with Crippen molar-refractivity contribution in [1.29, 1.82) is 0 Å². The van der Waals surface area contributed by atoms with Gasteiger partial charge in [-0.3, -0.25) is 9.59 Å². The highest BCUT2D eigenvalue weighted by molar-refractivity contribution is 8.13. The summed E-state index contributed by atoms with van der Waals surface area (Å²) >= 11 is 1.23. The predicted octanol–water partition coefficient (Wildman–Crippen LogP) is 1.78. The maximum atomic E-state index is 11.8. The molecule has 0 aliphatic carbocycles. The van der Waals surface area contributed by atoms with Crippen LogP contribution in [0.15, 0.2) is 42.6 Å². The monoisotopic (exact) mass is 303 g/mol. The van der Waals surface area contributed by atoms with Crippen molar-refractivity contribution >= 4 is 22.8 Å². The molecule has 1 amide bonds. The minimum Gasteiger partial charge on any atom is -0.358 e. The van der Waals surface area contributed by atoms with Crippen LogP contribution >= 0.6 is 11.8 Å². The summed E-state index contributed by atoms with van der Waals surface area (Å²) in [6.07, 6.45) is 1.72. The number of aromatic nitrogens is 1. The van der Waals surface area contributed by atoms with Crippen LogP contribution in [-0.2, 0) is 5.75 Å². The zero-order valence-corrected chi connectivity index (χ0v) is 12.3. The number of H-pyrrole nitrogens is 1. The molecule has 21 heavy (non-hydrogen) atoms. The van der Waals surface area contributed by atoms with Gasteiger partial charge in [0.1, 0.15) is 0 Å². The average molecular weight is 303 g/mol. The average Bonchev–Trinajstić information content (AvgIpc) is 3.05. The second kappa shape index (κ2) is 7.66. The van der Waals surface area contributed by atoms with E-state index in [4.69, 9.17) is 5.73 Å². The minimum absolute atomic E-state index is 0.00441. The highest BCUT2D eigenvalue weighted by Crippen LogP contribution is 2.17. The first-order chi connectivity index (χ1) is 10.2. The number of hydrogen-bond donors (Lipinski definition) is 3. The molecule has 0 aliphatic rings. The van der Waals surface area contributed by atoms with Gasteiger partial charge in [0.15, 0.2) is 0 Å². The van der Waals surface area contributed by atoms with Gasteiger partial charge in [-0.15, -0.1) is 0 Å². The molecule has 6 heteroatoms. The third-order valence-electron chi connectivity index (χ3n) is 2.83. The summed E-state index contributed by atoms with van der Waals surface area (Å²) in [4.78, 5) is 26.4. The number of benzene rings is 1. The summed E-state index contributed by atoms with van der Waals surface area (Å²) in [6.45, 7) is 0.877. The zero-order valence-electron chi connectivity index (χ0n) is 11.5. The van der Waals surface area contributed by atoms with Gasteiger partial charge in [-0.25, -0.2) is 0 Å². The molecule has 0 spiro atoms. The zero-order chi connectivity index (χ0) is 15.1. The van der Waals surface area contributed by atoms with E-state index in [1.54, 1.807) is 30.5 Å². The Morgan fingerprint density at radius 1 is 1.19 bits per heavy atom. The van der Waals surface area contributed by atoms with Crippen LogP contribution in [0.3, 0.4) is 0 Å². The molecule has 1 aromatic heterocycles. The maximum Gasteiger partial charge on any atom is 0.251 e.